The smallest absolute Gasteiger partial charge is 0.249 e. The minimum Gasteiger partial charge on any atom is -0.358 e. The maximum absolute atomic E-state index is 12.2. The van der Waals surface area contributed by atoms with Gasteiger partial charge in [-0.25, -0.2) is 9.97 Å². The summed E-state index contributed by atoms with van der Waals surface area (Å²) < 4.78 is 0. The van der Waals surface area contributed by atoms with E-state index in [0.29, 0.717) is 30.4 Å². The normalized spacial score (nSPS) is 22.3. The number of rotatable bonds is 4. The maximum Gasteiger partial charge on any atom is 0.249 e. The van der Waals surface area contributed by atoms with Crippen molar-refractivity contribution in [1.82, 2.24) is 15.3 Å². The number of hydrogen-bond donors (Lipinski definition) is 2. The number of aromatic nitrogens is 2. The van der Waals surface area contributed by atoms with Crippen molar-refractivity contribution in [2.75, 3.05) is 23.3 Å². The van der Waals surface area contributed by atoms with Gasteiger partial charge in [0, 0.05) is 31.1 Å². The van der Waals surface area contributed by atoms with Crippen molar-refractivity contribution in [3.63, 3.8) is 0 Å². The standard InChI is InChI=1S/C22H27N5O2/c1-14-5-7-16(8-6-14)21-24-18(23-17-9-10-20(28)26-22(17)29)12-19(25-21)27-11-3-4-15(2)13-27/h5-8,12,15,17H,3-4,9-11,13H2,1-2H3,(H,23,24,25)(H,26,28,29). The van der Waals surface area contributed by atoms with Crippen LogP contribution in [0.15, 0.2) is 30.3 Å². The average Bonchev–Trinajstić information content (AvgIpc) is 2.70. The van der Waals surface area contributed by atoms with Crippen LogP contribution in [0.5, 0.6) is 0 Å². The highest BCUT2D eigenvalue weighted by Gasteiger charge is 2.27. The summed E-state index contributed by atoms with van der Waals surface area (Å²) in [6.45, 7) is 6.23. The average molecular weight is 393 g/mol. The van der Waals surface area contributed by atoms with Gasteiger partial charge in [0.25, 0.3) is 0 Å². The lowest BCUT2D eigenvalue weighted by Gasteiger charge is -2.32. The van der Waals surface area contributed by atoms with Crippen LogP contribution in [0, 0.1) is 12.8 Å². The molecule has 0 saturated carbocycles. The molecule has 2 atom stereocenters. The van der Waals surface area contributed by atoms with Gasteiger partial charge in [-0.1, -0.05) is 36.8 Å². The Morgan fingerprint density at radius 2 is 1.93 bits per heavy atom. The van der Waals surface area contributed by atoms with E-state index < -0.39 is 6.04 Å². The number of hydrogen-bond acceptors (Lipinski definition) is 6. The molecule has 2 N–H and O–H groups in total. The molecule has 0 bridgehead atoms. The number of carbonyl (C=O) groups is 2. The zero-order chi connectivity index (χ0) is 20.4. The lowest BCUT2D eigenvalue weighted by Crippen LogP contribution is -2.47. The van der Waals surface area contributed by atoms with Crippen molar-refractivity contribution >= 4 is 23.5 Å². The fourth-order valence-electron chi connectivity index (χ4n) is 3.91. The van der Waals surface area contributed by atoms with Crippen LogP contribution in [0.1, 0.15) is 38.2 Å². The summed E-state index contributed by atoms with van der Waals surface area (Å²) in [5.41, 5.74) is 2.12. The lowest BCUT2D eigenvalue weighted by molar-refractivity contribution is -0.133. The Labute approximate surface area is 170 Å². The molecule has 4 rings (SSSR count). The summed E-state index contributed by atoms with van der Waals surface area (Å²) in [6.07, 6.45) is 3.16. The quantitative estimate of drug-likeness (QED) is 0.777. The Morgan fingerprint density at radius 1 is 1.14 bits per heavy atom. The van der Waals surface area contributed by atoms with Crippen LogP contribution in [0.3, 0.4) is 0 Å². The van der Waals surface area contributed by atoms with Gasteiger partial charge in [-0.2, -0.15) is 0 Å². The molecule has 152 valence electrons. The first-order valence-corrected chi connectivity index (χ1v) is 10.3. The molecule has 2 aliphatic rings. The molecule has 3 heterocycles. The van der Waals surface area contributed by atoms with E-state index in [1.165, 1.54) is 12.0 Å². The van der Waals surface area contributed by atoms with E-state index in [1.807, 2.05) is 37.3 Å². The van der Waals surface area contributed by atoms with Gasteiger partial charge < -0.3 is 10.2 Å². The molecule has 2 aromatic rings. The largest absolute Gasteiger partial charge is 0.358 e. The second-order valence-electron chi connectivity index (χ2n) is 8.14. The zero-order valence-electron chi connectivity index (χ0n) is 16.9. The van der Waals surface area contributed by atoms with Crippen molar-refractivity contribution in [3.8, 4) is 11.4 Å². The number of nitrogens with zero attached hydrogens (tertiary/aromatic N) is 3. The second kappa shape index (κ2) is 8.19. The molecule has 7 nitrogen and oxygen atoms in total. The Bertz CT molecular complexity index is 912. The van der Waals surface area contributed by atoms with Crippen LogP contribution in [0.25, 0.3) is 11.4 Å². The summed E-state index contributed by atoms with van der Waals surface area (Å²) >= 11 is 0. The molecule has 2 unspecified atom stereocenters. The van der Waals surface area contributed by atoms with Crippen LogP contribution in [0.4, 0.5) is 11.6 Å². The first-order valence-electron chi connectivity index (χ1n) is 10.3. The molecule has 0 radical (unpaired) electrons. The third-order valence-corrected chi connectivity index (χ3v) is 5.56. The van der Waals surface area contributed by atoms with E-state index in [9.17, 15) is 9.59 Å². The van der Waals surface area contributed by atoms with E-state index >= 15 is 0 Å². The van der Waals surface area contributed by atoms with E-state index in [-0.39, 0.29) is 11.8 Å². The molecule has 2 aliphatic heterocycles. The highest BCUT2D eigenvalue weighted by Crippen LogP contribution is 2.27. The van der Waals surface area contributed by atoms with Gasteiger partial charge in [0.2, 0.25) is 11.8 Å². The number of carbonyl (C=O) groups excluding carboxylic acids is 2. The molecular formula is C22H27N5O2. The second-order valence-corrected chi connectivity index (χ2v) is 8.14. The molecule has 1 aromatic carbocycles. The number of anilines is 2. The Kier molecular flexibility index (Phi) is 5.47. The molecule has 2 fully saturated rings. The summed E-state index contributed by atoms with van der Waals surface area (Å²) in [6, 6.07) is 9.57. The van der Waals surface area contributed by atoms with Crippen molar-refractivity contribution in [3.05, 3.63) is 35.9 Å². The molecule has 0 aliphatic carbocycles. The number of benzene rings is 1. The summed E-state index contributed by atoms with van der Waals surface area (Å²) in [7, 11) is 0. The zero-order valence-corrected chi connectivity index (χ0v) is 16.9. The van der Waals surface area contributed by atoms with E-state index in [0.717, 1.165) is 30.9 Å². The van der Waals surface area contributed by atoms with Crippen LogP contribution in [-0.4, -0.2) is 40.9 Å². The summed E-state index contributed by atoms with van der Waals surface area (Å²) in [5, 5.41) is 5.61. The molecule has 2 saturated heterocycles. The molecule has 29 heavy (non-hydrogen) atoms. The van der Waals surface area contributed by atoms with E-state index in [1.54, 1.807) is 0 Å². The van der Waals surface area contributed by atoms with Crippen molar-refractivity contribution in [2.24, 2.45) is 5.92 Å². The monoisotopic (exact) mass is 393 g/mol. The molecule has 7 heteroatoms. The fourth-order valence-corrected chi connectivity index (χ4v) is 3.91. The Balaban J connectivity index is 1.66. The van der Waals surface area contributed by atoms with Gasteiger partial charge >= 0.3 is 0 Å². The first kappa shape index (κ1) is 19.4. The van der Waals surface area contributed by atoms with Crippen LogP contribution >= 0.6 is 0 Å². The topological polar surface area (TPSA) is 87.2 Å². The Hall–Kier alpha value is -2.96. The number of aryl methyl sites for hydroxylation is 1. The summed E-state index contributed by atoms with van der Waals surface area (Å²) in [5.74, 6) is 2.21. The predicted octanol–water partition coefficient (Wildman–Crippen LogP) is 2.91. The molecule has 0 spiro atoms. The van der Waals surface area contributed by atoms with Gasteiger partial charge in [0.1, 0.15) is 17.7 Å². The lowest BCUT2D eigenvalue weighted by atomic mass is 10.0. The third-order valence-electron chi connectivity index (χ3n) is 5.56. The third kappa shape index (κ3) is 4.55. The van der Waals surface area contributed by atoms with Gasteiger partial charge in [0.15, 0.2) is 5.82 Å². The number of piperidine rings is 2. The van der Waals surface area contributed by atoms with Crippen molar-refractivity contribution in [1.29, 1.82) is 0 Å². The molecular weight excluding hydrogens is 366 g/mol. The number of amides is 2. The van der Waals surface area contributed by atoms with E-state index in [4.69, 9.17) is 4.98 Å². The van der Waals surface area contributed by atoms with Gasteiger partial charge in [-0.05, 0) is 32.1 Å². The fraction of sp³-hybridized carbons (Fsp3) is 0.455. The van der Waals surface area contributed by atoms with Gasteiger partial charge in [-0.15, -0.1) is 0 Å². The van der Waals surface area contributed by atoms with Gasteiger partial charge in [-0.3, -0.25) is 14.9 Å². The van der Waals surface area contributed by atoms with E-state index in [2.05, 4.69) is 27.4 Å². The highest BCUT2D eigenvalue weighted by atomic mass is 16.2. The molecule has 2 amide bonds. The number of imide groups is 1. The van der Waals surface area contributed by atoms with Crippen LogP contribution < -0.4 is 15.5 Å². The first-order chi connectivity index (χ1) is 14.0. The molecule has 1 aromatic heterocycles. The minimum atomic E-state index is -0.471. The summed E-state index contributed by atoms with van der Waals surface area (Å²) in [4.78, 5) is 35.4. The minimum absolute atomic E-state index is 0.223. The van der Waals surface area contributed by atoms with Crippen LogP contribution in [0.2, 0.25) is 0 Å². The number of nitrogens with one attached hydrogen (secondary N) is 2. The maximum atomic E-state index is 12.2. The highest BCUT2D eigenvalue weighted by molar-refractivity contribution is 6.01. The SMILES string of the molecule is Cc1ccc(-c2nc(NC3CCC(=O)NC3=O)cc(N3CCCC(C)C3)n2)cc1. The van der Waals surface area contributed by atoms with Crippen LogP contribution in [-0.2, 0) is 9.59 Å². The predicted molar refractivity (Wildman–Crippen MR) is 113 cm³/mol. The van der Waals surface area contributed by atoms with Gasteiger partial charge in [0.05, 0.1) is 0 Å². The Morgan fingerprint density at radius 3 is 2.66 bits per heavy atom. The van der Waals surface area contributed by atoms with Crippen molar-refractivity contribution in [2.45, 2.75) is 45.6 Å². The van der Waals surface area contributed by atoms with Crippen molar-refractivity contribution < 1.29 is 9.59 Å².